The molecule has 50 valence electrons. The molecule has 0 amide bonds. The molecule has 9 heavy (non-hydrogen) atoms. The van der Waals surface area contributed by atoms with Crippen LogP contribution in [0.1, 0.15) is 12.8 Å². The number of carboxylic acid groups (broad SMARTS) is 1. The molecule has 0 radical (unpaired) electrons. The fraction of sp³-hybridized carbons (Fsp3) is 0.500. The summed E-state index contributed by atoms with van der Waals surface area (Å²) < 4.78 is 0. The molecule has 0 aromatic rings. The van der Waals surface area contributed by atoms with Crippen molar-refractivity contribution >= 4 is 5.97 Å². The molecule has 0 fully saturated rings. The molecule has 0 bridgehead atoms. The van der Waals surface area contributed by atoms with Crippen LogP contribution in [0, 0.1) is 0 Å². The summed E-state index contributed by atoms with van der Waals surface area (Å²) in [5.41, 5.74) is 5.91. The lowest BCUT2D eigenvalue weighted by Gasteiger charge is -1.97. The number of hydrogen-bond donors (Lipinski definition) is 2. The van der Waals surface area contributed by atoms with Crippen molar-refractivity contribution < 1.29 is 9.90 Å². The molecule has 1 rings (SSSR count). The van der Waals surface area contributed by atoms with Crippen molar-refractivity contribution in [3.05, 3.63) is 11.6 Å². The Labute approximate surface area is 53.2 Å². The lowest BCUT2D eigenvalue weighted by Crippen LogP contribution is -2.16. The lowest BCUT2D eigenvalue weighted by molar-refractivity contribution is -0.132. The van der Waals surface area contributed by atoms with Crippen LogP contribution in [-0.4, -0.2) is 17.1 Å². The second kappa shape index (κ2) is 2.19. The van der Waals surface area contributed by atoms with Gasteiger partial charge >= 0.3 is 5.97 Å². The van der Waals surface area contributed by atoms with Gasteiger partial charge in [0.05, 0.1) is 0 Å². The van der Waals surface area contributed by atoms with Crippen molar-refractivity contribution in [1.29, 1.82) is 0 Å². The van der Waals surface area contributed by atoms with Crippen LogP contribution >= 0.6 is 0 Å². The average Bonchev–Trinajstić information content (AvgIpc) is 2.14. The second-order valence-corrected chi connectivity index (χ2v) is 2.23. The normalized spacial score (nSPS) is 25.9. The summed E-state index contributed by atoms with van der Waals surface area (Å²) in [6, 6.07) is 0.0381. The predicted octanol–water partition coefficient (Wildman–Crippen LogP) is 0.118. The molecule has 1 aliphatic rings. The van der Waals surface area contributed by atoms with Crippen LogP contribution in [0.2, 0.25) is 0 Å². The van der Waals surface area contributed by atoms with E-state index in [4.69, 9.17) is 10.8 Å². The second-order valence-electron chi connectivity index (χ2n) is 2.23. The Morgan fingerprint density at radius 3 is 2.78 bits per heavy atom. The molecule has 0 spiro atoms. The van der Waals surface area contributed by atoms with E-state index in [1.807, 2.05) is 0 Å². The maximum absolute atomic E-state index is 10.2. The van der Waals surface area contributed by atoms with Gasteiger partial charge in [-0.3, -0.25) is 0 Å². The van der Waals surface area contributed by atoms with E-state index in [0.717, 1.165) is 0 Å². The Morgan fingerprint density at radius 2 is 2.56 bits per heavy atom. The zero-order valence-corrected chi connectivity index (χ0v) is 5.00. The minimum Gasteiger partial charge on any atom is -0.478 e. The molecule has 0 aliphatic heterocycles. The molecule has 3 N–H and O–H groups in total. The first-order chi connectivity index (χ1) is 4.20. The highest BCUT2D eigenvalue weighted by molar-refractivity contribution is 5.87. The average molecular weight is 127 g/mol. The molecule has 0 aromatic carbocycles. The number of rotatable bonds is 1. The van der Waals surface area contributed by atoms with Crippen LogP contribution < -0.4 is 5.73 Å². The molecular formula is C6H9NO2. The SMILES string of the molecule is N[C@H]1CC=C(C(=O)O)C1. The van der Waals surface area contributed by atoms with Gasteiger partial charge in [0.2, 0.25) is 0 Å². The Kier molecular flexibility index (Phi) is 1.53. The maximum Gasteiger partial charge on any atom is 0.331 e. The molecular weight excluding hydrogens is 118 g/mol. The van der Waals surface area contributed by atoms with Crippen LogP contribution in [0.5, 0.6) is 0 Å². The van der Waals surface area contributed by atoms with E-state index in [1.54, 1.807) is 6.08 Å². The summed E-state index contributed by atoms with van der Waals surface area (Å²) in [7, 11) is 0. The molecule has 0 heterocycles. The number of aliphatic carboxylic acids is 1. The van der Waals surface area contributed by atoms with Crippen LogP contribution in [0.4, 0.5) is 0 Å². The van der Waals surface area contributed by atoms with E-state index in [0.29, 0.717) is 18.4 Å². The monoisotopic (exact) mass is 127 g/mol. The standard InChI is InChI=1S/C6H9NO2/c7-5-2-1-4(3-5)6(8)9/h1,5H,2-3,7H2,(H,8,9)/t5-/m0/s1. The molecule has 1 aliphatic carbocycles. The van der Waals surface area contributed by atoms with E-state index < -0.39 is 5.97 Å². The van der Waals surface area contributed by atoms with E-state index in [9.17, 15) is 4.79 Å². The number of carboxylic acids is 1. The Balaban J connectivity index is 2.55. The van der Waals surface area contributed by atoms with Crippen molar-refractivity contribution in [1.82, 2.24) is 0 Å². The van der Waals surface area contributed by atoms with E-state index in [2.05, 4.69) is 0 Å². The zero-order valence-electron chi connectivity index (χ0n) is 5.00. The summed E-state index contributed by atoms with van der Waals surface area (Å²) in [6.07, 6.45) is 2.92. The highest BCUT2D eigenvalue weighted by Gasteiger charge is 2.17. The van der Waals surface area contributed by atoms with Gasteiger partial charge in [-0.2, -0.15) is 0 Å². The highest BCUT2D eigenvalue weighted by Crippen LogP contribution is 2.16. The molecule has 0 saturated carbocycles. The Hall–Kier alpha value is -0.830. The zero-order chi connectivity index (χ0) is 6.85. The van der Waals surface area contributed by atoms with Gasteiger partial charge < -0.3 is 10.8 Å². The summed E-state index contributed by atoms with van der Waals surface area (Å²) in [5.74, 6) is -0.831. The van der Waals surface area contributed by atoms with Crippen LogP contribution in [0.25, 0.3) is 0 Å². The van der Waals surface area contributed by atoms with Crippen molar-refractivity contribution in [3.8, 4) is 0 Å². The minimum absolute atomic E-state index is 0.0381. The largest absolute Gasteiger partial charge is 0.478 e. The number of nitrogens with two attached hydrogens (primary N) is 1. The van der Waals surface area contributed by atoms with Gasteiger partial charge in [-0.1, -0.05) is 6.08 Å². The van der Waals surface area contributed by atoms with Crippen LogP contribution in [-0.2, 0) is 4.79 Å². The topological polar surface area (TPSA) is 63.3 Å². The van der Waals surface area contributed by atoms with Crippen LogP contribution in [0.3, 0.4) is 0 Å². The summed E-state index contributed by atoms with van der Waals surface area (Å²) >= 11 is 0. The first-order valence-electron chi connectivity index (χ1n) is 2.88. The Bertz CT molecular complexity index is 162. The summed E-state index contributed by atoms with van der Waals surface area (Å²) in [4.78, 5) is 10.2. The highest BCUT2D eigenvalue weighted by atomic mass is 16.4. The Morgan fingerprint density at radius 1 is 1.89 bits per heavy atom. The van der Waals surface area contributed by atoms with Gasteiger partial charge in [0.15, 0.2) is 0 Å². The van der Waals surface area contributed by atoms with Gasteiger partial charge in [0.1, 0.15) is 0 Å². The molecule has 0 saturated heterocycles. The number of hydrogen-bond acceptors (Lipinski definition) is 2. The number of carbonyl (C=O) groups is 1. The molecule has 0 aromatic heterocycles. The summed E-state index contributed by atoms with van der Waals surface area (Å²) in [5, 5.41) is 8.41. The van der Waals surface area contributed by atoms with E-state index >= 15 is 0 Å². The van der Waals surface area contributed by atoms with Crippen molar-refractivity contribution in [3.63, 3.8) is 0 Å². The molecule has 3 nitrogen and oxygen atoms in total. The van der Waals surface area contributed by atoms with Gasteiger partial charge in [-0.25, -0.2) is 4.79 Å². The van der Waals surface area contributed by atoms with Crippen LogP contribution in [0.15, 0.2) is 11.6 Å². The fourth-order valence-electron chi connectivity index (χ4n) is 0.917. The fourth-order valence-corrected chi connectivity index (χ4v) is 0.917. The molecule has 3 heteroatoms. The smallest absolute Gasteiger partial charge is 0.331 e. The van der Waals surface area contributed by atoms with E-state index in [1.165, 1.54) is 0 Å². The van der Waals surface area contributed by atoms with Gasteiger partial charge in [0, 0.05) is 11.6 Å². The van der Waals surface area contributed by atoms with Gasteiger partial charge in [-0.05, 0) is 12.8 Å². The first-order valence-corrected chi connectivity index (χ1v) is 2.88. The van der Waals surface area contributed by atoms with Crippen molar-refractivity contribution in [2.24, 2.45) is 5.73 Å². The lowest BCUT2D eigenvalue weighted by atomic mass is 10.2. The van der Waals surface area contributed by atoms with E-state index in [-0.39, 0.29) is 6.04 Å². The third-order valence-corrected chi connectivity index (χ3v) is 1.42. The first kappa shape index (κ1) is 6.29. The molecule has 1 atom stereocenters. The predicted molar refractivity (Wildman–Crippen MR) is 32.9 cm³/mol. The third-order valence-electron chi connectivity index (χ3n) is 1.42. The quantitative estimate of drug-likeness (QED) is 0.525. The van der Waals surface area contributed by atoms with Gasteiger partial charge in [-0.15, -0.1) is 0 Å². The van der Waals surface area contributed by atoms with Crippen molar-refractivity contribution in [2.45, 2.75) is 18.9 Å². The van der Waals surface area contributed by atoms with Gasteiger partial charge in [0.25, 0.3) is 0 Å². The van der Waals surface area contributed by atoms with Crippen molar-refractivity contribution in [2.75, 3.05) is 0 Å². The molecule has 0 unspecified atom stereocenters. The minimum atomic E-state index is -0.831. The summed E-state index contributed by atoms with van der Waals surface area (Å²) in [6.45, 7) is 0. The third kappa shape index (κ3) is 1.29. The maximum atomic E-state index is 10.2.